The molecule has 8 heteroatoms. The van der Waals surface area contributed by atoms with Crippen molar-refractivity contribution in [1.29, 1.82) is 0 Å². The van der Waals surface area contributed by atoms with Gasteiger partial charge >= 0.3 is 6.03 Å². The van der Waals surface area contributed by atoms with Gasteiger partial charge < -0.3 is 16.0 Å². The lowest BCUT2D eigenvalue weighted by atomic mass is 10.0. The summed E-state index contributed by atoms with van der Waals surface area (Å²) in [6, 6.07) is 6.60. The van der Waals surface area contributed by atoms with E-state index < -0.39 is 15.1 Å². The van der Waals surface area contributed by atoms with Crippen molar-refractivity contribution in [3.05, 3.63) is 29.8 Å². The number of fused-ring (bicyclic) bond motifs is 1. The van der Waals surface area contributed by atoms with E-state index in [0.29, 0.717) is 25.7 Å². The Hall–Kier alpha value is -2.09. The molecular formula is C17H23N3O4S. The Kier molecular flexibility index (Phi) is 4.99. The minimum atomic E-state index is -3.20. The molecule has 2 aliphatic heterocycles. The molecule has 0 unspecified atom stereocenters. The average Bonchev–Trinajstić information content (AvgIpc) is 2.98. The lowest BCUT2D eigenvalue weighted by molar-refractivity contribution is -0.116. The minimum absolute atomic E-state index is 0.00498. The molecule has 2 aliphatic rings. The van der Waals surface area contributed by atoms with Crippen LogP contribution in [0.4, 0.5) is 10.5 Å². The first-order valence-electron chi connectivity index (χ1n) is 8.50. The number of aryl methyl sites for hydroxylation is 1. The van der Waals surface area contributed by atoms with Crippen molar-refractivity contribution in [2.75, 3.05) is 11.1 Å². The molecule has 0 spiro atoms. The maximum Gasteiger partial charge on any atom is 0.315 e. The number of urea groups is 1. The minimum Gasteiger partial charge on any atom is -0.332 e. The molecule has 2 heterocycles. The summed E-state index contributed by atoms with van der Waals surface area (Å²) in [5, 5.41) is 7.62. The molecule has 0 saturated carbocycles. The second-order valence-electron chi connectivity index (χ2n) is 6.78. The predicted molar refractivity (Wildman–Crippen MR) is 95.1 cm³/mol. The van der Waals surface area contributed by atoms with Crippen LogP contribution in [0.5, 0.6) is 0 Å². The molecule has 0 radical (unpaired) electrons. The number of carbonyl (C=O) groups excluding carboxylic acids is 2. The molecule has 3 rings (SSSR count). The first-order chi connectivity index (χ1) is 11.8. The number of benzene rings is 1. The van der Waals surface area contributed by atoms with Crippen molar-refractivity contribution in [1.82, 2.24) is 10.6 Å². The summed E-state index contributed by atoms with van der Waals surface area (Å²) >= 11 is 0. The van der Waals surface area contributed by atoms with Crippen molar-refractivity contribution in [2.24, 2.45) is 0 Å². The highest BCUT2D eigenvalue weighted by molar-refractivity contribution is 7.92. The quantitative estimate of drug-likeness (QED) is 0.523. The number of hydrogen-bond donors (Lipinski definition) is 3. The molecule has 136 valence electrons. The summed E-state index contributed by atoms with van der Waals surface area (Å²) in [6.07, 6.45) is 2.05. The number of unbranched alkanes of at least 4 members (excludes halogenated alkanes) is 1. The topological polar surface area (TPSA) is 104 Å². The molecule has 25 heavy (non-hydrogen) atoms. The molecule has 1 aromatic rings. The number of rotatable bonds is 6. The number of sulfone groups is 1. The summed E-state index contributed by atoms with van der Waals surface area (Å²) in [6.45, 7) is 1.98. The molecule has 0 aliphatic carbocycles. The predicted octanol–water partition coefficient (Wildman–Crippen LogP) is 1.34. The van der Waals surface area contributed by atoms with Gasteiger partial charge in [-0.25, -0.2) is 13.2 Å². The van der Waals surface area contributed by atoms with E-state index in [1.165, 1.54) is 0 Å². The van der Waals surface area contributed by atoms with Crippen LogP contribution in [0.2, 0.25) is 0 Å². The van der Waals surface area contributed by atoms with Gasteiger partial charge in [-0.1, -0.05) is 24.1 Å². The summed E-state index contributed by atoms with van der Waals surface area (Å²) in [7, 11) is -3.20. The van der Waals surface area contributed by atoms with E-state index in [9.17, 15) is 18.0 Å². The lowest BCUT2D eigenvalue weighted by Gasteiger charge is -2.16. The number of anilines is 1. The lowest BCUT2D eigenvalue weighted by Crippen LogP contribution is -2.39. The standard InChI is InChI=1S/C17H23N3O4S/c1-11-6-8-12(9-7-11)18-15(21)5-3-2-4-14-16-13(10-25(14,23)24)19-17(22)20-16/h6-9,13-14,16H,2-5,10H2,1H3,(H,18,21)(H2,19,20,22)/t13-,14-,16+/m1/s1. The third-order valence-corrected chi connectivity index (χ3v) is 7.07. The zero-order chi connectivity index (χ0) is 18.0. The average molecular weight is 365 g/mol. The molecule has 2 fully saturated rings. The summed E-state index contributed by atoms with van der Waals surface area (Å²) in [4.78, 5) is 23.3. The highest BCUT2D eigenvalue weighted by atomic mass is 32.2. The Balaban J connectivity index is 1.44. The van der Waals surface area contributed by atoms with E-state index in [2.05, 4.69) is 16.0 Å². The van der Waals surface area contributed by atoms with Crippen LogP contribution in [0.15, 0.2) is 24.3 Å². The monoisotopic (exact) mass is 365 g/mol. The highest BCUT2D eigenvalue weighted by Crippen LogP contribution is 2.28. The Morgan fingerprint density at radius 1 is 1.20 bits per heavy atom. The Morgan fingerprint density at radius 2 is 1.92 bits per heavy atom. The van der Waals surface area contributed by atoms with Crippen molar-refractivity contribution in [3.8, 4) is 0 Å². The maximum absolute atomic E-state index is 12.2. The van der Waals surface area contributed by atoms with Crippen LogP contribution in [0.3, 0.4) is 0 Å². The fourth-order valence-electron chi connectivity index (χ4n) is 3.50. The highest BCUT2D eigenvalue weighted by Gasteiger charge is 2.51. The Labute approximate surface area is 147 Å². The van der Waals surface area contributed by atoms with Gasteiger partial charge in [-0.05, 0) is 31.9 Å². The largest absolute Gasteiger partial charge is 0.332 e. The SMILES string of the molecule is Cc1ccc(NC(=O)CCCC[C@@H]2[C@H]3NC(=O)N[C@@H]3CS2(=O)=O)cc1. The second-order valence-corrected chi connectivity index (χ2v) is 9.04. The zero-order valence-corrected chi connectivity index (χ0v) is 14.9. The third kappa shape index (κ3) is 4.12. The zero-order valence-electron chi connectivity index (χ0n) is 14.1. The van der Waals surface area contributed by atoms with Crippen LogP contribution >= 0.6 is 0 Å². The molecule has 1 aromatic carbocycles. The Morgan fingerprint density at radius 3 is 2.64 bits per heavy atom. The van der Waals surface area contributed by atoms with Gasteiger partial charge in [-0.3, -0.25) is 4.79 Å². The van der Waals surface area contributed by atoms with E-state index in [0.717, 1.165) is 11.3 Å². The van der Waals surface area contributed by atoms with Gasteiger partial charge in [-0.2, -0.15) is 0 Å². The molecule has 3 amide bonds. The molecule has 0 aromatic heterocycles. The smallest absolute Gasteiger partial charge is 0.315 e. The van der Waals surface area contributed by atoms with Gasteiger partial charge in [0.15, 0.2) is 9.84 Å². The van der Waals surface area contributed by atoms with Crippen LogP contribution in [0.1, 0.15) is 31.2 Å². The van der Waals surface area contributed by atoms with Gasteiger partial charge in [0, 0.05) is 12.1 Å². The van der Waals surface area contributed by atoms with Gasteiger partial charge in [-0.15, -0.1) is 0 Å². The van der Waals surface area contributed by atoms with Crippen LogP contribution in [0, 0.1) is 6.92 Å². The van der Waals surface area contributed by atoms with Crippen LogP contribution in [-0.2, 0) is 14.6 Å². The van der Waals surface area contributed by atoms with Crippen molar-refractivity contribution in [3.63, 3.8) is 0 Å². The number of nitrogens with one attached hydrogen (secondary N) is 3. The summed E-state index contributed by atoms with van der Waals surface area (Å²) in [5.41, 5.74) is 1.89. The number of amides is 3. The van der Waals surface area contributed by atoms with Gasteiger partial charge in [0.1, 0.15) is 0 Å². The van der Waals surface area contributed by atoms with E-state index in [-0.39, 0.29) is 29.8 Å². The number of carbonyl (C=O) groups is 2. The van der Waals surface area contributed by atoms with Crippen LogP contribution in [0.25, 0.3) is 0 Å². The normalized spacial score (nSPS) is 26.6. The molecular weight excluding hydrogens is 342 g/mol. The van der Waals surface area contributed by atoms with Crippen molar-refractivity contribution >= 4 is 27.5 Å². The Bertz CT molecular complexity index is 761. The van der Waals surface area contributed by atoms with Crippen molar-refractivity contribution < 1.29 is 18.0 Å². The van der Waals surface area contributed by atoms with Crippen molar-refractivity contribution in [2.45, 2.75) is 49.9 Å². The fourth-order valence-corrected chi connectivity index (χ4v) is 5.77. The molecule has 3 atom stereocenters. The number of hydrogen-bond acceptors (Lipinski definition) is 4. The molecule has 0 bridgehead atoms. The van der Waals surface area contributed by atoms with Gasteiger partial charge in [0.2, 0.25) is 5.91 Å². The van der Waals surface area contributed by atoms with E-state index in [4.69, 9.17) is 0 Å². The van der Waals surface area contributed by atoms with E-state index >= 15 is 0 Å². The first-order valence-corrected chi connectivity index (χ1v) is 10.2. The molecule has 3 N–H and O–H groups in total. The second kappa shape index (κ2) is 7.03. The molecule has 7 nitrogen and oxygen atoms in total. The van der Waals surface area contributed by atoms with E-state index in [1.807, 2.05) is 31.2 Å². The molecule has 2 saturated heterocycles. The summed E-state index contributed by atoms with van der Waals surface area (Å²) < 4.78 is 24.4. The maximum atomic E-state index is 12.2. The van der Waals surface area contributed by atoms with Gasteiger partial charge in [0.25, 0.3) is 0 Å². The first kappa shape index (κ1) is 17.7. The van der Waals surface area contributed by atoms with Crippen LogP contribution < -0.4 is 16.0 Å². The van der Waals surface area contributed by atoms with Gasteiger partial charge in [0.05, 0.1) is 23.1 Å². The third-order valence-electron chi connectivity index (χ3n) is 4.80. The summed E-state index contributed by atoms with van der Waals surface area (Å²) in [5.74, 6) is -0.0820. The van der Waals surface area contributed by atoms with Crippen LogP contribution in [-0.4, -0.2) is 43.4 Å². The van der Waals surface area contributed by atoms with E-state index in [1.54, 1.807) is 0 Å². The fraction of sp³-hybridized carbons (Fsp3) is 0.529.